The van der Waals surface area contributed by atoms with Crippen LogP contribution in [-0.4, -0.2) is 50.6 Å². The Labute approximate surface area is 77.1 Å². The number of nitrogens with zero attached hydrogens (tertiary/aromatic N) is 1. The van der Waals surface area contributed by atoms with Crippen molar-refractivity contribution < 1.29 is 13.2 Å². The normalized spacial score (nSPS) is 19.5. The third kappa shape index (κ3) is 2.64. The Kier molecular flexibility index (Phi) is 2.89. The summed E-state index contributed by atoms with van der Waals surface area (Å²) in [5.41, 5.74) is 5.08. The zero-order valence-electron chi connectivity index (χ0n) is 7.36. The van der Waals surface area contributed by atoms with Gasteiger partial charge in [-0.2, -0.15) is 4.31 Å². The minimum atomic E-state index is -3.09. The maximum absolute atomic E-state index is 10.9. The van der Waals surface area contributed by atoms with E-state index in [0.29, 0.717) is 13.1 Å². The van der Waals surface area contributed by atoms with Crippen molar-refractivity contribution in [2.75, 3.05) is 25.9 Å². The van der Waals surface area contributed by atoms with Crippen molar-refractivity contribution >= 4 is 15.9 Å². The molecule has 1 fully saturated rings. The molecule has 0 aromatic rings. The van der Waals surface area contributed by atoms with Gasteiger partial charge >= 0.3 is 0 Å². The fourth-order valence-electron chi connectivity index (χ4n) is 1.09. The van der Waals surface area contributed by atoms with E-state index in [9.17, 15) is 13.2 Å². The zero-order chi connectivity index (χ0) is 10.1. The predicted molar refractivity (Wildman–Crippen MR) is 47.4 cm³/mol. The summed E-state index contributed by atoms with van der Waals surface area (Å²) in [5, 5.41) is 2.60. The van der Waals surface area contributed by atoms with Crippen LogP contribution in [0, 0.1) is 0 Å². The summed E-state index contributed by atoms with van der Waals surface area (Å²) in [6.07, 6.45) is 1.15. The van der Waals surface area contributed by atoms with Gasteiger partial charge in [-0.05, 0) is 0 Å². The molecule has 0 aromatic heterocycles. The molecule has 7 heteroatoms. The van der Waals surface area contributed by atoms with E-state index in [0.717, 1.165) is 6.26 Å². The monoisotopic (exact) mass is 207 g/mol. The molecule has 0 saturated carbocycles. The van der Waals surface area contributed by atoms with Crippen LogP contribution in [0.2, 0.25) is 0 Å². The van der Waals surface area contributed by atoms with Crippen LogP contribution in [0.3, 0.4) is 0 Å². The second kappa shape index (κ2) is 3.60. The highest BCUT2D eigenvalue weighted by molar-refractivity contribution is 7.88. The van der Waals surface area contributed by atoms with E-state index in [1.54, 1.807) is 0 Å². The fraction of sp³-hybridized carbons (Fsp3) is 0.833. The van der Waals surface area contributed by atoms with Gasteiger partial charge < -0.3 is 11.1 Å². The van der Waals surface area contributed by atoms with Gasteiger partial charge in [-0.3, -0.25) is 4.79 Å². The van der Waals surface area contributed by atoms with E-state index >= 15 is 0 Å². The third-order valence-corrected chi connectivity index (χ3v) is 3.10. The van der Waals surface area contributed by atoms with Crippen LogP contribution in [0.5, 0.6) is 0 Å². The molecule has 0 spiro atoms. The Bertz CT molecular complexity index is 294. The number of nitrogens with one attached hydrogen (secondary N) is 1. The second-order valence-electron chi connectivity index (χ2n) is 3.05. The number of sulfonamides is 1. The first kappa shape index (κ1) is 10.4. The van der Waals surface area contributed by atoms with Gasteiger partial charge in [-0.15, -0.1) is 0 Å². The summed E-state index contributed by atoms with van der Waals surface area (Å²) in [7, 11) is -3.09. The molecule has 6 nitrogen and oxygen atoms in total. The minimum absolute atomic E-state index is 0.0601. The van der Waals surface area contributed by atoms with E-state index in [4.69, 9.17) is 5.73 Å². The van der Waals surface area contributed by atoms with Crippen molar-refractivity contribution in [3.05, 3.63) is 0 Å². The molecule has 1 amide bonds. The van der Waals surface area contributed by atoms with Crippen molar-refractivity contribution in [2.24, 2.45) is 5.73 Å². The molecule has 1 aliphatic heterocycles. The van der Waals surface area contributed by atoms with Gasteiger partial charge in [0.2, 0.25) is 15.9 Å². The number of amides is 1. The number of hydrogen-bond donors (Lipinski definition) is 2. The summed E-state index contributed by atoms with van der Waals surface area (Å²) >= 11 is 0. The molecule has 76 valence electrons. The standard InChI is InChI=1S/C6H13N3O3S/c1-13(11,12)9-3-5(4-9)8-6(10)2-7/h5H,2-4,7H2,1H3,(H,8,10). The number of nitrogens with two attached hydrogens (primary N) is 1. The van der Waals surface area contributed by atoms with Crippen LogP contribution in [0.25, 0.3) is 0 Å². The number of carbonyl (C=O) groups is 1. The highest BCUT2D eigenvalue weighted by Crippen LogP contribution is 2.11. The van der Waals surface area contributed by atoms with Crippen LogP contribution in [0.1, 0.15) is 0 Å². The third-order valence-electron chi connectivity index (χ3n) is 1.87. The van der Waals surface area contributed by atoms with Crippen LogP contribution in [0.4, 0.5) is 0 Å². The van der Waals surface area contributed by atoms with Gasteiger partial charge in [0, 0.05) is 13.1 Å². The van der Waals surface area contributed by atoms with Crippen molar-refractivity contribution in [2.45, 2.75) is 6.04 Å². The Morgan fingerprint density at radius 3 is 2.54 bits per heavy atom. The van der Waals surface area contributed by atoms with Crippen LogP contribution in [-0.2, 0) is 14.8 Å². The number of carbonyl (C=O) groups excluding carboxylic acids is 1. The number of rotatable bonds is 3. The summed E-state index contributed by atoms with van der Waals surface area (Å²) < 4.78 is 23.1. The van der Waals surface area contributed by atoms with E-state index < -0.39 is 10.0 Å². The average molecular weight is 207 g/mol. The topological polar surface area (TPSA) is 92.5 Å². The molecule has 0 radical (unpaired) electrons. The maximum atomic E-state index is 10.9. The van der Waals surface area contributed by atoms with Gasteiger partial charge in [0.05, 0.1) is 18.8 Å². The molecule has 1 saturated heterocycles. The lowest BCUT2D eigenvalue weighted by atomic mass is 10.2. The van der Waals surface area contributed by atoms with Gasteiger partial charge in [-0.1, -0.05) is 0 Å². The Morgan fingerprint density at radius 2 is 2.15 bits per heavy atom. The molecule has 0 bridgehead atoms. The van der Waals surface area contributed by atoms with Crippen LogP contribution >= 0.6 is 0 Å². The quantitative estimate of drug-likeness (QED) is 0.544. The van der Waals surface area contributed by atoms with Crippen molar-refractivity contribution in [3.8, 4) is 0 Å². The summed E-state index contributed by atoms with van der Waals surface area (Å²) in [5.74, 6) is -0.252. The highest BCUT2D eigenvalue weighted by Gasteiger charge is 2.33. The van der Waals surface area contributed by atoms with E-state index in [-0.39, 0.29) is 18.5 Å². The lowest BCUT2D eigenvalue weighted by Gasteiger charge is -2.37. The maximum Gasteiger partial charge on any atom is 0.234 e. The van der Waals surface area contributed by atoms with Crippen LogP contribution < -0.4 is 11.1 Å². The minimum Gasteiger partial charge on any atom is -0.350 e. The Morgan fingerprint density at radius 1 is 1.62 bits per heavy atom. The van der Waals surface area contributed by atoms with Gasteiger partial charge in [0.25, 0.3) is 0 Å². The van der Waals surface area contributed by atoms with E-state index in [1.807, 2.05) is 0 Å². The Balaban J connectivity index is 2.31. The fourth-order valence-corrected chi connectivity index (χ4v) is 1.99. The largest absolute Gasteiger partial charge is 0.350 e. The first-order chi connectivity index (χ1) is 5.93. The lowest BCUT2D eigenvalue weighted by Crippen LogP contribution is -2.61. The van der Waals surface area contributed by atoms with E-state index in [1.165, 1.54) is 4.31 Å². The molecule has 3 N–H and O–H groups in total. The van der Waals surface area contributed by atoms with Crippen molar-refractivity contribution in [1.29, 1.82) is 0 Å². The van der Waals surface area contributed by atoms with Crippen LogP contribution in [0.15, 0.2) is 0 Å². The Hall–Kier alpha value is -0.660. The van der Waals surface area contributed by atoms with Gasteiger partial charge in [0.1, 0.15) is 0 Å². The van der Waals surface area contributed by atoms with Gasteiger partial charge in [-0.25, -0.2) is 8.42 Å². The molecule has 0 atom stereocenters. The summed E-state index contributed by atoms with van der Waals surface area (Å²) in [4.78, 5) is 10.8. The number of hydrogen-bond acceptors (Lipinski definition) is 4. The molecule has 1 rings (SSSR count). The molecule has 1 aliphatic rings. The molecule has 0 aromatic carbocycles. The first-order valence-electron chi connectivity index (χ1n) is 3.88. The highest BCUT2D eigenvalue weighted by atomic mass is 32.2. The first-order valence-corrected chi connectivity index (χ1v) is 5.73. The van der Waals surface area contributed by atoms with Crippen molar-refractivity contribution in [3.63, 3.8) is 0 Å². The predicted octanol–water partition coefficient (Wildman–Crippen LogP) is -2.29. The van der Waals surface area contributed by atoms with Crippen molar-refractivity contribution in [1.82, 2.24) is 9.62 Å². The second-order valence-corrected chi connectivity index (χ2v) is 5.03. The molecule has 0 unspecified atom stereocenters. The molecule has 1 heterocycles. The van der Waals surface area contributed by atoms with Gasteiger partial charge in [0.15, 0.2) is 0 Å². The lowest BCUT2D eigenvalue weighted by molar-refractivity contribution is -0.121. The molecular formula is C6H13N3O3S. The van der Waals surface area contributed by atoms with E-state index in [2.05, 4.69) is 5.32 Å². The molecule has 0 aliphatic carbocycles. The average Bonchev–Trinajstić information content (AvgIpc) is 1.92. The summed E-state index contributed by atoms with van der Waals surface area (Å²) in [6, 6.07) is -0.0780. The smallest absolute Gasteiger partial charge is 0.234 e. The summed E-state index contributed by atoms with van der Waals surface area (Å²) in [6.45, 7) is 0.643. The molecule has 13 heavy (non-hydrogen) atoms. The SMILES string of the molecule is CS(=O)(=O)N1CC(NC(=O)CN)C1. The zero-order valence-corrected chi connectivity index (χ0v) is 8.17. The molecular weight excluding hydrogens is 194 g/mol.